The third kappa shape index (κ3) is 4.39. The molecule has 0 saturated carbocycles. The van der Waals surface area contributed by atoms with E-state index in [0.717, 1.165) is 22.3 Å². The molecule has 4 rings (SSSR count). The van der Waals surface area contributed by atoms with Gasteiger partial charge in [0.05, 0.1) is 29.4 Å². The SMILES string of the molecule is CNC(=O)NCC1CN(C(=O)c2ccc3c(c2)ncn3-c2cc(C)ccc2C)CCO1. The first-order valence-corrected chi connectivity index (χ1v) is 10.4. The number of carbonyl (C=O) groups is 2. The molecule has 1 aliphatic rings. The molecule has 8 heteroatoms. The fraction of sp³-hybridized carbons (Fsp3) is 0.348. The zero-order valence-electron chi connectivity index (χ0n) is 18.0. The number of amides is 3. The maximum Gasteiger partial charge on any atom is 0.314 e. The van der Waals surface area contributed by atoms with Crippen molar-refractivity contribution >= 4 is 23.0 Å². The number of aromatic nitrogens is 2. The molecule has 0 bridgehead atoms. The summed E-state index contributed by atoms with van der Waals surface area (Å²) in [6.45, 7) is 5.88. The van der Waals surface area contributed by atoms with Gasteiger partial charge in [-0.25, -0.2) is 9.78 Å². The fourth-order valence-electron chi connectivity index (χ4n) is 3.82. The first kappa shape index (κ1) is 20.9. The summed E-state index contributed by atoms with van der Waals surface area (Å²) in [5.74, 6) is -0.0589. The van der Waals surface area contributed by atoms with E-state index in [4.69, 9.17) is 4.74 Å². The molecule has 3 amide bonds. The molecule has 0 radical (unpaired) electrons. The minimum absolute atomic E-state index is 0.0589. The summed E-state index contributed by atoms with van der Waals surface area (Å²) in [6.07, 6.45) is 1.57. The normalized spacial score (nSPS) is 16.4. The molecule has 3 aromatic rings. The summed E-state index contributed by atoms with van der Waals surface area (Å²) in [6, 6.07) is 11.7. The van der Waals surface area contributed by atoms with Crippen LogP contribution in [-0.4, -0.2) is 65.8 Å². The lowest BCUT2D eigenvalue weighted by Gasteiger charge is -2.33. The summed E-state index contributed by atoms with van der Waals surface area (Å²) < 4.78 is 7.74. The van der Waals surface area contributed by atoms with E-state index in [1.165, 1.54) is 5.56 Å². The number of carbonyl (C=O) groups excluding carboxylic acids is 2. The Morgan fingerprint density at radius 3 is 2.84 bits per heavy atom. The number of hydrogen-bond donors (Lipinski definition) is 2. The van der Waals surface area contributed by atoms with E-state index in [0.29, 0.717) is 31.8 Å². The van der Waals surface area contributed by atoms with Gasteiger partial charge in [-0.15, -0.1) is 0 Å². The fourth-order valence-corrected chi connectivity index (χ4v) is 3.82. The van der Waals surface area contributed by atoms with Crippen LogP contribution in [0.2, 0.25) is 0 Å². The van der Waals surface area contributed by atoms with Gasteiger partial charge in [0.25, 0.3) is 5.91 Å². The molecule has 1 aliphatic heterocycles. The molecule has 0 spiro atoms. The number of nitrogens with one attached hydrogen (secondary N) is 2. The van der Waals surface area contributed by atoms with Crippen LogP contribution in [0.1, 0.15) is 21.5 Å². The largest absolute Gasteiger partial charge is 0.373 e. The van der Waals surface area contributed by atoms with E-state index >= 15 is 0 Å². The molecular formula is C23H27N5O3. The zero-order chi connectivity index (χ0) is 22.0. The first-order chi connectivity index (χ1) is 15.0. The Bertz CT molecular complexity index is 1120. The van der Waals surface area contributed by atoms with E-state index < -0.39 is 0 Å². The number of nitrogens with zero attached hydrogens (tertiary/aromatic N) is 3. The van der Waals surface area contributed by atoms with Crippen molar-refractivity contribution in [2.45, 2.75) is 20.0 Å². The van der Waals surface area contributed by atoms with Gasteiger partial charge in [0.15, 0.2) is 0 Å². The van der Waals surface area contributed by atoms with Crippen LogP contribution in [0.4, 0.5) is 4.79 Å². The van der Waals surface area contributed by atoms with E-state index in [2.05, 4.69) is 52.2 Å². The minimum atomic E-state index is -0.267. The lowest BCUT2D eigenvalue weighted by atomic mass is 10.1. The Hall–Kier alpha value is -3.39. The predicted molar refractivity (Wildman–Crippen MR) is 119 cm³/mol. The summed E-state index contributed by atoms with van der Waals surface area (Å²) in [7, 11) is 1.56. The van der Waals surface area contributed by atoms with Crippen molar-refractivity contribution < 1.29 is 14.3 Å². The van der Waals surface area contributed by atoms with Crippen molar-refractivity contribution in [1.82, 2.24) is 25.1 Å². The van der Waals surface area contributed by atoms with Crippen LogP contribution in [0, 0.1) is 13.8 Å². The maximum atomic E-state index is 13.1. The topological polar surface area (TPSA) is 88.5 Å². The Balaban J connectivity index is 1.53. The maximum absolute atomic E-state index is 13.1. The molecule has 1 unspecified atom stereocenters. The molecule has 2 aromatic carbocycles. The quantitative estimate of drug-likeness (QED) is 0.677. The van der Waals surface area contributed by atoms with Crippen molar-refractivity contribution in [3.63, 3.8) is 0 Å². The number of urea groups is 1. The number of aryl methyl sites for hydroxylation is 2. The van der Waals surface area contributed by atoms with Crippen molar-refractivity contribution in [2.75, 3.05) is 33.3 Å². The second-order valence-electron chi connectivity index (χ2n) is 7.81. The second kappa shape index (κ2) is 8.77. The highest BCUT2D eigenvalue weighted by molar-refractivity contribution is 5.97. The number of rotatable bonds is 4. The summed E-state index contributed by atoms with van der Waals surface area (Å²) in [5, 5.41) is 5.23. The third-order valence-corrected chi connectivity index (χ3v) is 5.56. The highest BCUT2D eigenvalue weighted by Crippen LogP contribution is 2.23. The van der Waals surface area contributed by atoms with Crippen LogP contribution in [-0.2, 0) is 4.74 Å². The Morgan fingerprint density at radius 2 is 2.03 bits per heavy atom. The zero-order valence-corrected chi connectivity index (χ0v) is 18.0. The molecule has 31 heavy (non-hydrogen) atoms. The third-order valence-electron chi connectivity index (χ3n) is 5.56. The van der Waals surface area contributed by atoms with E-state index in [1.807, 2.05) is 18.2 Å². The summed E-state index contributed by atoms with van der Waals surface area (Å²) in [5.41, 5.74) is 5.76. The van der Waals surface area contributed by atoms with Gasteiger partial charge in [-0.05, 0) is 49.2 Å². The second-order valence-corrected chi connectivity index (χ2v) is 7.81. The van der Waals surface area contributed by atoms with Crippen molar-refractivity contribution in [2.24, 2.45) is 0 Å². The molecule has 8 nitrogen and oxygen atoms in total. The standard InChI is InChI=1S/C23H27N5O3/c1-15-4-5-16(2)21(10-15)28-14-26-19-11-17(6-7-20(19)28)22(29)27-8-9-31-18(13-27)12-25-23(30)24-3/h4-7,10-11,14,18H,8-9,12-13H2,1-3H3,(H2,24,25,30). The Morgan fingerprint density at radius 1 is 1.19 bits per heavy atom. The van der Waals surface area contributed by atoms with Gasteiger partial charge >= 0.3 is 6.03 Å². The summed E-state index contributed by atoms with van der Waals surface area (Å²) in [4.78, 5) is 30.8. The molecular weight excluding hydrogens is 394 g/mol. The van der Waals surface area contributed by atoms with Gasteiger partial charge in [-0.1, -0.05) is 12.1 Å². The minimum Gasteiger partial charge on any atom is -0.373 e. The predicted octanol–water partition coefficient (Wildman–Crippen LogP) is 2.41. The lowest BCUT2D eigenvalue weighted by Crippen LogP contribution is -2.50. The molecule has 0 aliphatic carbocycles. The van der Waals surface area contributed by atoms with Gasteiger partial charge in [0.2, 0.25) is 0 Å². The Labute approximate surface area is 181 Å². The average Bonchev–Trinajstić information content (AvgIpc) is 3.21. The van der Waals surface area contributed by atoms with Crippen LogP contribution in [0.15, 0.2) is 42.7 Å². The van der Waals surface area contributed by atoms with Gasteiger partial charge in [-0.2, -0.15) is 0 Å². The average molecular weight is 422 g/mol. The summed E-state index contributed by atoms with van der Waals surface area (Å²) >= 11 is 0. The molecule has 1 fully saturated rings. The van der Waals surface area contributed by atoms with Crippen molar-refractivity contribution in [3.05, 3.63) is 59.4 Å². The molecule has 1 saturated heterocycles. The number of ether oxygens (including phenoxy) is 1. The van der Waals surface area contributed by atoms with E-state index in [1.54, 1.807) is 18.3 Å². The van der Waals surface area contributed by atoms with Crippen LogP contribution in [0.3, 0.4) is 0 Å². The number of fused-ring (bicyclic) bond motifs is 1. The van der Waals surface area contributed by atoms with Crippen molar-refractivity contribution in [1.29, 1.82) is 0 Å². The molecule has 1 atom stereocenters. The van der Waals surface area contributed by atoms with Gasteiger partial charge in [-0.3, -0.25) is 9.36 Å². The van der Waals surface area contributed by atoms with Gasteiger partial charge in [0, 0.05) is 32.2 Å². The molecule has 2 heterocycles. The Kier molecular flexibility index (Phi) is 5.90. The smallest absolute Gasteiger partial charge is 0.314 e. The number of hydrogen-bond acceptors (Lipinski definition) is 4. The van der Waals surface area contributed by atoms with Crippen LogP contribution < -0.4 is 10.6 Å². The van der Waals surface area contributed by atoms with Crippen LogP contribution >= 0.6 is 0 Å². The molecule has 1 aromatic heterocycles. The van der Waals surface area contributed by atoms with Crippen LogP contribution in [0.5, 0.6) is 0 Å². The van der Waals surface area contributed by atoms with Gasteiger partial charge in [0.1, 0.15) is 6.33 Å². The van der Waals surface area contributed by atoms with Crippen LogP contribution in [0.25, 0.3) is 16.7 Å². The first-order valence-electron chi connectivity index (χ1n) is 10.4. The van der Waals surface area contributed by atoms with E-state index in [9.17, 15) is 9.59 Å². The van der Waals surface area contributed by atoms with E-state index in [-0.39, 0.29) is 18.0 Å². The number of benzene rings is 2. The van der Waals surface area contributed by atoms with Crippen molar-refractivity contribution in [3.8, 4) is 5.69 Å². The molecule has 2 N–H and O–H groups in total. The number of imidazole rings is 1. The molecule has 162 valence electrons. The lowest BCUT2D eigenvalue weighted by molar-refractivity contribution is -0.0191. The number of morpholine rings is 1. The van der Waals surface area contributed by atoms with Gasteiger partial charge < -0.3 is 20.3 Å². The highest BCUT2D eigenvalue weighted by Gasteiger charge is 2.25. The monoisotopic (exact) mass is 421 g/mol. The highest BCUT2D eigenvalue weighted by atomic mass is 16.5.